The summed E-state index contributed by atoms with van der Waals surface area (Å²) in [6.45, 7) is 12.1. The van der Waals surface area contributed by atoms with Crippen molar-refractivity contribution in [1.29, 1.82) is 5.41 Å². The predicted octanol–water partition coefficient (Wildman–Crippen LogP) is 0.343. The topological polar surface area (TPSA) is 681 Å². The molecule has 1 fully saturated rings. The number of benzene rings is 6. The number of fused-ring (bicyclic) bond motifs is 1. The molecule has 1 saturated heterocycles. The SMILES string of the molecule is CC(C)C[C@@H]1NC(=O)[C@H](CCCN)NC(=O)[C@H](Cc2ccccc2)N(C)C(=O)[C@H](C)N(C)C(=O)[C@H](CCCNC(=N)N)NC(=O)[C@H](Cc2ccc(-c3ccccc3)cc2)NC(=O)[C@H](C(C)C)NC(=O)[C@H](Cc2c[nH]c3ccccc23)NC(=O)[C@H](CC(=O)O)NC(=O)[C@H](Cc2ccc(O)cc2)NC(=O)[C@H](Cc2ccccc2)NC(=O)CSC[C@@H](C(=O)N[C@@H](CCC(=O)O)C(N)=O)NC(=O)[C@H]([C@@H](C)O)NC(=O)[C@H](C(C)C)NC1=O. The van der Waals surface area contributed by atoms with E-state index in [0.29, 0.717) is 44.9 Å². The van der Waals surface area contributed by atoms with E-state index < -0.39 is 265 Å². The quantitative estimate of drug-likeness (QED) is 0.0158. The summed E-state index contributed by atoms with van der Waals surface area (Å²) in [6, 6.07) is 19.9. The number of rotatable bonds is 31. The number of thioether (sulfide) groups is 1. The smallest absolute Gasteiger partial charge is 0.305 e. The van der Waals surface area contributed by atoms with E-state index in [4.69, 9.17) is 22.6 Å². The number of phenols is 1. The van der Waals surface area contributed by atoms with Gasteiger partial charge in [-0.3, -0.25) is 91.7 Å². The van der Waals surface area contributed by atoms with Crippen molar-refractivity contribution >= 4 is 135 Å². The number of nitrogens with two attached hydrogens (primary N) is 3. The third kappa shape index (κ3) is 36.7. The van der Waals surface area contributed by atoms with Gasteiger partial charge in [0.05, 0.1) is 18.3 Å². The molecule has 1 aromatic heterocycles. The van der Waals surface area contributed by atoms with Gasteiger partial charge < -0.3 is 127 Å². The number of amides is 16. The number of aliphatic carboxylic acids is 2. The minimum Gasteiger partial charge on any atom is -0.508 e. The highest BCUT2D eigenvalue weighted by atomic mass is 32.2. The van der Waals surface area contributed by atoms with E-state index in [9.17, 15) is 58.8 Å². The number of carbonyl (C=O) groups is 18. The molecule has 0 unspecified atom stereocenters. The first-order chi connectivity index (χ1) is 69.8. The van der Waals surface area contributed by atoms with Crippen LogP contribution in [0, 0.1) is 23.2 Å². The lowest BCUT2D eigenvalue weighted by Gasteiger charge is -2.35. The van der Waals surface area contributed by atoms with Crippen LogP contribution in [0.15, 0.2) is 170 Å². The molecule has 16 atom stereocenters. The number of likely N-dealkylation sites (N-methyl/N-ethyl adjacent to an activating group) is 2. The number of aromatic nitrogens is 1. The summed E-state index contributed by atoms with van der Waals surface area (Å²) in [4.78, 5) is 270. The van der Waals surface area contributed by atoms with Crippen LogP contribution < -0.4 is 91.6 Å². The van der Waals surface area contributed by atoms with Crippen molar-refractivity contribution in [2.75, 3.05) is 38.7 Å². The Morgan fingerprint density at radius 1 is 0.469 bits per heavy atom. The number of aliphatic hydroxyl groups is 1. The number of nitrogens with one attached hydrogen (secondary N) is 16. The molecule has 26 N–H and O–H groups in total. The van der Waals surface area contributed by atoms with Crippen LogP contribution in [0.5, 0.6) is 5.75 Å². The first-order valence-electron chi connectivity index (χ1n) is 48.6. The molecule has 8 rings (SSSR count). The molecular weight excluding hydrogens is 1920 g/mol. The Hall–Kier alpha value is -15.3. The van der Waals surface area contributed by atoms with E-state index >= 15 is 47.9 Å². The molecule has 16 amide bonds. The van der Waals surface area contributed by atoms with Crippen LogP contribution in [0.4, 0.5) is 0 Å². The Morgan fingerprint density at radius 2 is 0.912 bits per heavy atom. The Morgan fingerprint density at radius 3 is 1.45 bits per heavy atom. The number of carboxylic acid groups (broad SMARTS) is 2. The second kappa shape index (κ2) is 57.4. The van der Waals surface area contributed by atoms with Crippen molar-refractivity contribution in [3.05, 3.63) is 198 Å². The molecule has 2 heterocycles. The lowest BCUT2D eigenvalue weighted by atomic mass is 9.98. The Kier molecular flexibility index (Phi) is 45.6. The van der Waals surface area contributed by atoms with Crippen LogP contribution in [0.25, 0.3) is 22.0 Å². The second-order valence-electron chi connectivity index (χ2n) is 37.5. The van der Waals surface area contributed by atoms with Crippen LogP contribution in [0.3, 0.4) is 0 Å². The summed E-state index contributed by atoms with van der Waals surface area (Å²) in [7, 11) is 2.59. The summed E-state index contributed by atoms with van der Waals surface area (Å²) in [5.74, 6) is -23.8. The third-order valence-electron chi connectivity index (χ3n) is 24.8. The highest BCUT2D eigenvalue weighted by Crippen LogP contribution is 2.25. The highest BCUT2D eigenvalue weighted by Gasteiger charge is 2.43. The van der Waals surface area contributed by atoms with E-state index in [-0.39, 0.29) is 81.7 Å². The number of guanidine groups is 1. The Balaban J connectivity index is 1.25. The number of phenolic OH excluding ortho intramolecular Hbond substituents is 1. The number of aromatic amines is 1. The number of carbonyl (C=O) groups excluding carboxylic acids is 16. The number of aromatic hydroxyl groups is 1. The number of aliphatic hydroxyl groups excluding tert-OH is 1. The number of H-pyrrole nitrogens is 1. The standard InChI is InChI=1S/C103H137N21O22S/c1-56(2)46-74-94(138)121-86(58(5)6)99(143)122-87(60(8)125)100(144)119-80(96(140)111-71(88(105)132)42-43-83(128)129)54-147-55-82(127)110-75(47-61-24-14-11-15-25-61)90(134)115-76(49-64-36-40-68(126)41-37-64)92(136)117-79(52-84(130)131)93(137)116-78(51-67-53-109-70-31-21-20-30-69(67)70)95(139)120-85(57(3)4)98(142)118-77(48-63-34-38-66(39-35-63)65-28-18-13-19-29-65)91(135)113-73(33-23-45-108-103(106)107)102(146)123(9)59(7)101(145)124(10)81(50-62-26-16-12-17-27-62)97(141)112-72(32-22-44-104)89(133)114-74/h11-21,24-31,34-41,53,56-60,71-81,85-87,109,125-126H,22-23,32-33,42-52,54-55,104H2,1-10H3,(H2,105,132)(H,110,127)(H,111,140)(H,112,141)(H,113,135)(H,114,133)(H,115,134)(H,116,137)(H,117,136)(H,118,142)(H,119,144)(H,120,139)(H,121,138)(H,122,143)(H,128,129)(H,130,131)(H4,106,107,108)/t59-,60+,71-,72-,73-,74-,75-,76-,77-,78-,79-,80-,81-,85-,86-,87-/m0/s1. The lowest BCUT2D eigenvalue weighted by Crippen LogP contribution is -2.63. The normalized spacial score (nSPS) is 22.6. The monoisotopic (exact) mass is 2050 g/mol. The number of nitrogens with zero attached hydrogens (tertiary/aromatic N) is 2. The maximum Gasteiger partial charge on any atom is 0.305 e. The Bertz CT molecular complexity index is 5720. The molecule has 0 spiro atoms. The molecule has 1 aliphatic rings. The molecule has 44 heteroatoms. The van der Waals surface area contributed by atoms with E-state index in [1.807, 2.05) is 30.3 Å². The van der Waals surface area contributed by atoms with Crippen LogP contribution in [-0.2, 0) is 118 Å². The van der Waals surface area contributed by atoms with Crippen LogP contribution in [0.1, 0.15) is 135 Å². The van der Waals surface area contributed by atoms with Gasteiger partial charge in [0, 0.05) is 82.0 Å². The maximum atomic E-state index is 15.6. The number of hydrogen-bond acceptors (Lipinski definition) is 23. The molecule has 147 heavy (non-hydrogen) atoms. The average molecular weight is 2050 g/mol. The molecule has 6 aromatic carbocycles. The van der Waals surface area contributed by atoms with Gasteiger partial charge in [0.1, 0.15) is 96.4 Å². The lowest BCUT2D eigenvalue weighted by molar-refractivity contribution is -0.148. The van der Waals surface area contributed by atoms with E-state index in [2.05, 4.69) is 79.4 Å². The van der Waals surface area contributed by atoms with E-state index in [1.165, 1.54) is 59.1 Å². The zero-order valence-electron chi connectivity index (χ0n) is 83.8. The first-order valence-corrected chi connectivity index (χ1v) is 49.7. The van der Waals surface area contributed by atoms with E-state index in [1.54, 1.807) is 143 Å². The second-order valence-corrected chi connectivity index (χ2v) is 38.6. The largest absolute Gasteiger partial charge is 0.508 e. The van der Waals surface area contributed by atoms with Gasteiger partial charge in [0.2, 0.25) is 94.5 Å². The third-order valence-corrected chi connectivity index (χ3v) is 25.8. The minimum atomic E-state index is -2.11. The highest BCUT2D eigenvalue weighted by molar-refractivity contribution is 8.00. The Labute approximate surface area is 855 Å². The van der Waals surface area contributed by atoms with Crippen LogP contribution in [0.2, 0.25) is 0 Å². The molecule has 0 bridgehead atoms. The van der Waals surface area contributed by atoms with Crippen LogP contribution in [-0.4, -0.2) is 283 Å². The van der Waals surface area contributed by atoms with Crippen molar-refractivity contribution in [3.8, 4) is 16.9 Å². The molecular formula is C103H137N21O22S. The number of hydrogen-bond donors (Lipinski definition) is 23. The van der Waals surface area contributed by atoms with Gasteiger partial charge in [-0.1, -0.05) is 187 Å². The molecule has 792 valence electrons. The van der Waals surface area contributed by atoms with Gasteiger partial charge in [-0.15, -0.1) is 11.8 Å². The average Bonchev–Trinajstić information content (AvgIpc) is 1.79. The van der Waals surface area contributed by atoms with Crippen molar-refractivity contribution in [1.82, 2.24) is 89.2 Å². The fraction of sp³-hybridized carbons (Fsp3) is 0.447. The summed E-state index contributed by atoms with van der Waals surface area (Å²) < 4.78 is 0. The fourth-order valence-corrected chi connectivity index (χ4v) is 17.3. The van der Waals surface area contributed by atoms with Gasteiger partial charge in [-0.2, -0.15) is 0 Å². The molecule has 0 saturated carbocycles. The van der Waals surface area contributed by atoms with Crippen LogP contribution >= 0.6 is 11.8 Å². The van der Waals surface area contributed by atoms with Gasteiger partial charge in [-0.25, -0.2) is 0 Å². The number of para-hydroxylation sites is 1. The van der Waals surface area contributed by atoms with Gasteiger partial charge >= 0.3 is 11.9 Å². The summed E-state index contributed by atoms with van der Waals surface area (Å²) in [6.07, 6.45) is -4.68. The minimum absolute atomic E-state index is 0.00845. The fourth-order valence-electron chi connectivity index (χ4n) is 16.4. The molecule has 1 aliphatic heterocycles. The zero-order valence-corrected chi connectivity index (χ0v) is 84.6. The van der Waals surface area contributed by atoms with Crippen molar-refractivity contribution in [2.45, 2.75) is 236 Å². The predicted molar refractivity (Wildman–Crippen MR) is 547 cm³/mol. The maximum absolute atomic E-state index is 15.6. The molecule has 0 aliphatic carbocycles. The van der Waals surface area contributed by atoms with Gasteiger partial charge in [0.25, 0.3) is 0 Å². The van der Waals surface area contributed by atoms with Crippen molar-refractivity contribution in [2.24, 2.45) is 35.0 Å². The van der Waals surface area contributed by atoms with Crippen molar-refractivity contribution < 1.29 is 107 Å². The molecule has 0 radical (unpaired) electrons. The first kappa shape index (κ1) is 117. The summed E-state index contributed by atoms with van der Waals surface area (Å²) in [5.41, 5.74) is 21.7. The zero-order chi connectivity index (χ0) is 108. The van der Waals surface area contributed by atoms with Gasteiger partial charge in [0.15, 0.2) is 5.96 Å². The number of primary amides is 1. The molecule has 7 aromatic rings. The van der Waals surface area contributed by atoms with Gasteiger partial charge in [-0.05, 0) is 134 Å². The number of carboxylic acids is 2. The summed E-state index contributed by atoms with van der Waals surface area (Å²) >= 11 is 0.639. The molecule has 43 nitrogen and oxygen atoms in total. The summed E-state index contributed by atoms with van der Waals surface area (Å²) in [5, 5.41) is 87.1. The van der Waals surface area contributed by atoms with E-state index in [0.717, 1.165) is 27.9 Å². The van der Waals surface area contributed by atoms with Crippen molar-refractivity contribution in [3.63, 3.8) is 0 Å².